The summed E-state index contributed by atoms with van der Waals surface area (Å²) in [5, 5.41) is 12.1. The Morgan fingerprint density at radius 2 is 1.97 bits per heavy atom. The number of hydrogen-bond acceptors (Lipinski definition) is 6. The number of aromatic nitrogens is 3. The molecule has 4 rings (SSSR count). The Bertz CT molecular complexity index is 1070. The average molecular weight is 455 g/mol. The van der Waals surface area contributed by atoms with Gasteiger partial charge in [-0.25, -0.2) is 0 Å². The zero-order valence-corrected chi connectivity index (χ0v) is 19.4. The lowest BCUT2D eigenvalue weighted by molar-refractivity contribution is -0.113. The van der Waals surface area contributed by atoms with E-state index in [-0.39, 0.29) is 11.7 Å². The first-order valence-corrected chi connectivity index (χ1v) is 12.5. The Labute approximate surface area is 191 Å². The van der Waals surface area contributed by atoms with Gasteiger partial charge < -0.3 is 14.6 Å². The predicted molar refractivity (Wildman–Crippen MR) is 126 cm³/mol. The van der Waals surface area contributed by atoms with Crippen molar-refractivity contribution in [3.05, 3.63) is 59.4 Å². The summed E-state index contributed by atoms with van der Waals surface area (Å²) in [4.78, 5) is 13.4. The van der Waals surface area contributed by atoms with Crippen LogP contribution in [-0.2, 0) is 31.3 Å². The van der Waals surface area contributed by atoms with Crippen LogP contribution in [0.5, 0.6) is 5.75 Å². The Morgan fingerprint density at radius 1 is 1.13 bits per heavy atom. The normalized spacial score (nSPS) is 13.0. The highest BCUT2D eigenvalue weighted by atomic mass is 32.2. The van der Waals surface area contributed by atoms with E-state index in [2.05, 4.69) is 27.6 Å². The molecule has 0 saturated heterocycles. The van der Waals surface area contributed by atoms with Crippen molar-refractivity contribution >= 4 is 35.1 Å². The molecule has 1 aliphatic rings. The number of rotatable bonds is 8. The van der Waals surface area contributed by atoms with Gasteiger partial charge in [0.1, 0.15) is 12.4 Å². The molecule has 1 N–H and O–H groups in total. The fraction of sp³-hybridized carbons (Fsp3) is 0.348. The summed E-state index contributed by atoms with van der Waals surface area (Å²) in [7, 11) is 1.90. The molecule has 0 radical (unpaired) electrons. The van der Waals surface area contributed by atoms with Crippen LogP contribution >= 0.6 is 23.5 Å². The first kappa shape index (κ1) is 21.8. The van der Waals surface area contributed by atoms with Gasteiger partial charge in [0.2, 0.25) is 5.91 Å². The SMILES string of the molecule is CSc1cccc(NC(=O)CSc2nnc(COc3ccc4c(c3)CCCC4)n2C)c1. The van der Waals surface area contributed by atoms with Crippen molar-refractivity contribution < 1.29 is 9.53 Å². The molecule has 0 bridgehead atoms. The van der Waals surface area contributed by atoms with E-state index < -0.39 is 0 Å². The quantitative estimate of drug-likeness (QED) is 0.497. The molecular weight excluding hydrogens is 428 g/mol. The summed E-state index contributed by atoms with van der Waals surface area (Å²) in [5.74, 6) is 1.79. The summed E-state index contributed by atoms with van der Waals surface area (Å²) in [6.07, 6.45) is 6.82. The van der Waals surface area contributed by atoms with Gasteiger partial charge in [-0.15, -0.1) is 22.0 Å². The van der Waals surface area contributed by atoms with E-state index in [0.717, 1.165) is 35.0 Å². The lowest BCUT2D eigenvalue weighted by atomic mass is 9.92. The molecule has 0 unspecified atom stereocenters. The standard InChI is InChI=1S/C23H26N4O2S2/c1-27-21(14-29-19-11-10-16-6-3-4-7-17(16)12-19)25-26-23(27)31-15-22(28)24-18-8-5-9-20(13-18)30-2/h5,8-13H,3-4,6-7,14-15H2,1-2H3,(H,24,28). The lowest BCUT2D eigenvalue weighted by Crippen LogP contribution is -2.14. The summed E-state index contributed by atoms with van der Waals surface area (Å²) in [5.41, 5.74) is 3.64. The van der Waals surface area contributed by atoms with E-state index in [1.165, 1.54) is 35.7 Å². The smallest absolute Gasteiger partial charge is 0.234 e. The van der Waals surface area contributed by atoms with Gasteiger partial charge in [-0.05, 0) is 73.4 Å². The van der Waals surface area contributed by atoms with Crippen LogP contribution in [0, 0.1) is 0 Å². The highest BCUT2D eigenvalue weighted by Crippen LogP contribution is 2.26. The van der Waals surface area contributed by atoms with Crippen LogP contribution in [-0.4, -0.2) is 32.7 Å². The maximum Gasteiger partial charge on any atom is 0.234 e. The Morgan fingerprint density at radius 3 is 2.81 bits per heavy atom. The number of ether oxygens (including phenoxy) is 1. The van der Waals surface area contributed by atoms with Gasteiger partial charge in [-0.1, -0.05) is 23.9 Å². The van der Waals surface area contributed by atoms with E-state index in [1.807, 2.05) is 48.2 Å². The molecule has 0 fully saturated rings. The third kappa shape index (κ3) is 5.62. The number of benzene rings is 2. The molecule has 1 aromatic heterocycles. The van der Waals surface area contributed by atoms with Crippen LogP contribution in [0.25, 0.3) is 0 Å². The number of carbonyl (C=O) groups is 1. The minimum absolute atomic E-state index is 0.0712. The zero-order valence-electron chi connectivity index (χ0n) is 17.8. The fourth-order valence-electron chi connectivity index (χ4n) is 3.57. The molecule has 8 heteroatoms. The molecule has 0 atom stereocenters. The van der Waals surface area contributed by atoms with E-state index in [1.54, 1.807) is 11.8 Å². The first-order valence-electron chi connectivity index (χ1n) is 10.3. The third-order valence-electron chi connectivity index (χ3n) is 5.30. The number of carbonyl (C=O) groups excluding carboxylic acids is 1. The highest BCUT2D eigenvalue weighted by molar-refractivity contribution is 7.99. The van der Waals surface area contributed by atoms with E-state index in [4.69, 9.17) is 4.74 Å². The number of thioether (sulfide) groups is 2. The second-order valence-electron chi connectivity index (χ2n) is 7.45. The topological polar surface area (TPSA) is 69.0 Å². The summed E-state index contributed by atoms with van der Waals surface area (Å²) in [6.45, 7) is 0.344. The number of fused-ring (bicyclic) bond motifs is 1. The van der Waals surface area contributed by atoms with E-state index >= 15 is 0 Å². The molecule has 0 spiro atoms. The van der Waals surface area contributed by atoms with Crippen LogP contribution in [0.4, 0.5) is 5.69 Å². The monoisotopic (exact) mass is 454 g/mol. The zero-order chi connectivity index (χ0) is 21.6. The number of nitrogens with zero attached hydrogens (tertiary/aromatic N) is 3. The lowest BCUT2D eigenvalue weighted by Gasteiger charge is -2.16. The number of nitrogens with one attached hydrogen (secondary N) is 1. The second-order valence-corrected chi connectivity index (χ2v) is 9.28. The van der Waals surface area contributed by atoms with Crippen LogP contribution in [0.3, 0.4) is 0 Å². The number of aryl methyl sites for hydroxylation is 2. The average Bonchev–Trinajstić information content (AvgIpc) is 3.15. The minimum atomic E-state index is -0.0712. The van der Waals surface area contributed by atoms with Crippen molar-refractivity contribution in [2.24, 2.45) is 7.05 Å². The molecule has 0 saturated carbocycles. The fourth-order valence-corrected chi connectivity index (χ4v) is 4.76. The van der Waals surface area contributed by atoms with Crippen molar-refractivity contribution in [2.45, 2.75) is 42.3 Å². The van der Waals surface area contributed by atoms with Gasteiger partial charge in [-0.3, -0.25) is 4.79 Å². The van der Waals surface area contributed by atoms with Crippen LogP contribution in [0.2, 0.25) is 0 Å². The van der Waals surface area contributed by atoms with Crippen LogP contribution in [0.1, 0.15) is 29.8 Å². The summed E-state index contributed by atoms with van der Waals surface area (Å²) in [6, 6.07) is 14.2. The van der Waals surface area contributed by atoms with Crippen molar-refractivity contribution in [1.82, 2.24) is 14.8 Å². The molecular formula is C23H26N4O2S2. The van der Waals surface area contributed by atoms with Crippen molar-refractivity contribution in [3.63, 3.8) is 0 Å². The molecule has 2 aromatic carbocycles. The van der Waals surface area contributed by atoms with E-state index in [0.29, 0.717) is 11.8 Å². The second kappa shape index (κ2) is 10.2. The van der Waals surface area contributed by atoms with Crippen LogP contribution in [0.15, 0.2) is 52.5 Å². The Balaban J connectivity index is 1.30. The molecule has 3 aromatic rings. The van der Waals surface area contributed by atoms with Crippen LogP contribution < -0.4 is 10.1 Å². The van der Waals surface area contributed by atoms with Gasteiger partial charge in [0.25, 0.3) is 0 Å². The number of amides is 1. The first-order chi connectivity index (χ1) is 15.1. The molecule has 1 amide bonds. The van der Waals surface area contributed by atoms with Crippen molar-refractivity contribution in [3.8, 4) is 5.75 Å². The van der Waals surface area contributed by atoms with Gasteiger partial charge in [0.05, 0.1) is 5.75 Å². The maximum absolute atomic E-state index is 12.3. The van der Waals surface area contributed by atoms with Crippen molar-refractivity contribution in [1.29, 1.82) is 0 Å². The van der Waals surface area contributed by atoms with Crippen molar-refractivity contribution in [2.75, 3.05) is 17.3 Å². The predicted octanol–water partition coefficient (Wildman–Crippen LogP) is 4.73. The minimum Gasteiger partial charge on any atom is -0.486 e. The summed E-state index contributed by atoms with van der Waals surface area (Å²) < 4.78 is 7.84. The number of anilines is 1. The molecule has 1 aliphatic carbocycles. The molecule has 162 valence electrons. The summed E-state index contributed by atoms with van der Waals surface area (Å²) >= 11 is 3.01. The highest BCUT2D eigenvalue weighted by Gasteiger charge is 2.14. The largest absolute Gasteiger partial charge is 0.486 e. The molecule has 6 nitrogen and oxygen atoms in total. The Kier molecular flexibility index (Phi) is 7.19. The van der Waals surface area contributed by atoms with Gasteiger partial charge in [-0.2, -0.15) is 0 Å². The number of hydrogen-bond donors (Lipinski definition) is 1. The molecule has 0 aliphatic heterocycles. The molecule has 1 heterocycles. The van der Waals surface area contributed by atoms with E-state index in [9.17, 15) is 4.79 Å². The van der Waals surface area contributed by atoms with Gasteiger partial charge in [0.15, 0.2) is 11.0 Å². The third-order valence-corrected chi connectivity index (χ3v) is 7.04. The molecule has 31 heavy (non-hydrogen) atoms. The van der Waals surface area contributed by atoms with Gasteiger partial charge in [0, 0.05) is 17.6 Å². The Hall–Kier alpha value is -2.45. The maximum atomic E-state index is 12.3. The van der Waals surface area contributed by atoms with Gasteiger partial charge >= 0.3 is 0 Å².